The molecule has 16 atom stereocenters. The molecule has 0 amide bonds. The molecule has 17 rings (SSSR count). The van der Waals surface area contributed by atoms with Crippen molar-refractivity contribution in [1.82, 2.24) is 42.5 Å². The van der Waals surface area contributed by atoms with Gasteiger partial charge in [-0.2, -0.15) is 0 Å². The monoisotopic (exact) mass is 1510 g/mol. The molecule has 8 N–H and O–H groups in total. The van der Waals surface area contributed by atoms with Crippen LogP contribution in [-0.2, 0) is 89.3 Å². The van der Waals surface area contributed by atoms with Crippen LogP contribution in [0, 0.1) is 47.3 Å². The zero-order chi connectivity index (χ0) is 75.0. The number of nitrogens with one attached hydrogen (secondary N) is 8. The molecule has 0 spiro atoms. The lowest BCUT2D eigenvalue weighted by atomic mass is 9.73. The van der Waals surface area contributed by atoms with Crippen LogP contribution in [0.25, 0.3) is 0 Å². The van der Waals surface area contributed by atoms with Crippen molar-refractivity contribution in [3.05, 3.63) is 287 Å². The van der Waals surface area contributed by atoms with Crippen molar-refractivity contribution in [3.8, 4) is 0 Å². The Morgan fingerprint density at radius 1 is 0.161 bits per heavy atom. The molecule has 8 bridgehead atoms. The highest BCUT2D eigenvalue weighted by atomic mass is 16.6. The Morgan fingerprint density at radius 3 is 0.375 bits per heavy atom. The van der Waals surface area contributed by atoms with Crippen LogP contribution in [0.5, 0.6) is 0 Å². The molecule has 0 radical (unpaired) electrons. The highest BCUT2D eigenvalue weighted by Gasteiger charge is 2.60. The van der Waals surface area contributed by atoms with Gasteiger partial charge in [0.15, 0.2) is 0 Å². The van der Waals surface area contributed by atoms with E-state index >= 15 is 0 Å². The standard InChI is InChI=1S/C96H120N8O8/c1-9-25-65(26-10-1)41-49-105-81-57-73-74(58-82(81)106-50-42-66-27-11-2-12-28-66)90-97-89(73)101-91-75-59-83(107-51-43-67-29-13-3-14-30-67)84(108-52-44-68-31-15-4-16-32-68)60-76(75)93(98-91)103-95-79-63-87(111-55-47-71-37-21-7-22-38-71)88(112-56-48-72-39-23-8-24-40-72)64-80(79)96(100-95)104-94-78-62-86(110-54-46-70-35-19-6-20-36-70)85(61-77(78)92(99-94)102-90)109-53-45-69-33-17-5-18-34-69/h1-40,73-104H,41-64H2. The molecule has 5 saturated heterocycles. The van der Waals surface area contributed by atoms with Crippen LogP contribution in [0.2, 0.25) is 0 Å². The van der Waals surface area contributed by atoms with Crippen LogP contribution in [0.15, 0.2) is 243 Å². The van der Waals surface area contributed by atoms with Crippen molar-refractivity contribution in [1.29, 1.82) is 0 Å². The minimum absolute atomic E-state index is 0.0756. The molecule has 0 aromatic heterocycles. The summed E-state index contributed by atoms with van der Waals surface area (Å²) in [4.78, 5) is 0. The molecule has 112 heavy (non-hydrogen) atoms. The average molecular weight is 1510 g/mol. The molecule has 9 aliphatic rings. The third kappa shape index (κ3) is 19.8. The summed E-state index contributed by atoms with van der Waals surface area (Å²) >= 11 is 0. The van der Waals surface area contributed by atoms with E-state index in [9.17, 15) is 0 Å². The predicted octanol–water partition coefficient (Wildman–Crippen LogP) is 12.5. The van der Waals surface area contributed by atoms with Gasteiger partial charge in [-0.05, 0) is 195 Å². The molecule has 16 unspecified atom stereocenters. The van der Waals surface area contributed by atoms with Crippen molar-refractivity contribution in [3.63, 3.8) is 0 Å². The number of hydrogen-bond donors (Lipinski definition) is 8. The molecule has 16 nitrogen and oxygen atoms in total. The summed E-state index contributed by atoms with van der Waals surface area (Å²) < 4.78 is 58.1. The van der Waals surface area contributed by atoms with Crippen molar-refractivity contribution in [2.45, 2.75) is 201 Å². The summed E-state index contributed by atoms with van der Waals surface area (Å²) in [6, 6.07) is 86.6. The molecule has 4 aliphatic carbocycles. The maximum absolute atomic E-state index is 7.27. The van der Waals surface area contributed by atoms with Crippen LogP contribution in [0.3, 0.4) is 0 Å². The molecule has 16 heteroatoms. The van der Waals surface area contributed by atoms with Crippen LogP contribution in [0.4, 0.5) is 0 Å². The van der Waals surface area contributed by atoms with Crippen LogP contribution < -0.4 is 42.5 Å². The van der Waals surface area contributed by atoms with Crippen molar-refractivity contribution < 1.29 is 37.9 Å². The lowest BCUT2D eigenvalue weighted by Crippen LogP contribution is -2.61. The van der Waals surface area contributed by atoms with E-state index in [2.05, 4.69) is 285 Å². The third-order valence-corrected chi connectivity index (χ3v) is 26.7. The predicted molar refractivity (Wildman–Crippen MR) is 439 cm³/mol. The lowest BCUT2D eigenvalue weighted by molar-refractivity contribution is -0.121. The minimum atomic E-state index is -0.108. The van der Waals surface area contributed by atoms with Gasteiger partial charge in [0.1, 0.15) is 0 Å². The smallest absolute Gasteiger partial charge is 0.0840 e. The molecule has 8 aromatic carbocycles. The molecular weight excluding hydrogens is 1390 g/mol. The number of rotatable bonds is 32. The molecule has 5 aliphatic heterocycles. The van der Waals surface area contributed by atoms with Gasteiger partial charge in [-0.15, -0.1) is 0 Å². The summed E-state index contributed by atoms with van der Waals surface area (Å²) in [6.07, 6.45) is 12.0. The van der Waals surface area contributed by atoms with Gasteiger partial charge in [0.05, 0.1) is 151 Å². The minimum Gasteiger partial charge on any atom is -0.375 e. The van der Waals surface area contributed by atoms with Gasteiger partial charge < -0.3 is 37.9 Å². The van der Waals surface area contributed by atoms with E-state index in [1.807, 2.05) is 0 Å². The van der Waals surface area contributed by atoms with Gasteiger partial charge in [0.25, 0.3) is 0 Å². The number of benzene rings is 8. The first-order valence-electron chi connectivity index (χ1n) is 42.8. The second-order valence-electron chi connectivity index (χ2n) is 33.5. The average Bonchev–Trinajstić information content (AvgIpc) is 1.59. The van der Waals surface area contributed by atoms with Gasteiger partial charge in [-0.25, -0.2) is 0 Å². The number of fused-ring (bicyclic) bond motifs is 20. The second-order valence-corrected chi connectivity index (χ2v) is 33.5. The first kappa shape index (κ1) is 77.7. The molecule has 8 aromatic rings. The molecule has 592 valence electrons. The fourth-order valence-electron chi connectivity index (χ4n) is 20.9. The Labute approximate surface area is 665 Å². The van der Waals surface area contributed by atoms with Gasteiger partial charge in [-0.1, -0.05) is 243 Å². The molecule has 4 saturated carbocycles. The highest BCUT2D eigenvalue weighted by Crippen LogP contribution is 2.49. The maximum atomic E-state index is 7.27. The zero-order valence-corrected chi connectivity index (χ0v) is 65.2. The van der Waals surface area contributed by atoms with Crippen molar-refractivity contribution in [2.24, 2.45) is 47.3 Å². The highest BCUT2D eigenvalue weighted by molar-refractivity contribution is 5.22. The quantitative estimate of drug-likeness (QED) is 0.0200. The van der Waals surface area contributed by atoms with Gasteiger partial charge in [-0.3, -0.25) is 42.5 Å². The summed E-state index contributed by atoms with van der Waals surface area (Å²) in [5.41, 5.74) is 10.3. The van der Waals surface area contributed by atoms with E-state index in [1.165, 1.54) is 44.5 Å². The Kier molecular flexibility index (Phi) is 26.8. The summed E-state index contributed by atoms with van der Waals surface area (Å²) in [5.74, 6) is 1.58. The van der Waals surface area contributed by atoms with Crippen LogP contribution in [0.1, 0.15) is 95.9 Å². The van der Waals surface area contributed by atoms with Gasteiger partial charge in [0, 0.05) is 0 Å². The van der Waals surface area contributed by atoms with E-state index in [0.717, 1.165) is 103 Å². The van der Waals surface area contributed by atoms with E-state index in [1.54, 1.807) is 0 Å². The normalized spacial score (nSPS) is 33.3. The Morgan fingerprint density at radius 2 is 0.268 bits per heavy atom. The Balaban J connectivity index is 0.725. The van der Waals surface area contributed by atoms with Gasteiger partial charge >= 0.3 is 0 Å². The summed E-state index contributed by atoms with van der Waals surface area (Å²) in [6.45, 7) is 4.96. The summed E-state index contributed by atoms with van der Waals surface area (Å²) in [7, 11) is 0. The molecular formula is C96H120N8O8. The first-order chi connectivity index (χ1) is 55.5. The maximum Gasteiger partial charge on any atom is 0.0840 e. The van der Waals surface area contributed by atoms with Crippen LogP contribution >= 0.6 is 0 Å². The SMILES string of the molecule is c1ccc(CCOC2CC3C4NC(NC5NC(NC6NC(NC7NC(N4)C4CC(OCCc8ccccc8)C(OCCc8ccccc8)CC74)C4CC(OCCc7ccccc7)C(OCCc7ccccc7)CC64)C4CC(OCCc6ccccc6)C(OCCc6ccccc6)CC54)C3CC2OCCc2ccccc2)cc1. The second kappa shape index (κ2) is 38.7. The van der Waals surface area contributed by atoms with Crippen molar-refractivity contribution in [2.75, 3.05) is 52.9 Å². The van der Waals surface area contributed by atoms with Gasteiger partial charge in [0.2, 0.25) is 0 Å². The molecule has 9 fully saturated rings. The number of hydrogen-bond acceptors (Lipinski definition) is 16. The van der Waals surface area contributed by atoms with E-state index in [4.69, 9.17) is 37.9 Å². The van der Waals surface area contributed by atoms with E-state index in [0.29, 0.717) is 52.9 Å². The third-order valence-electron chi connectivity index (χ3n) is 26.7. The molecule has 5 heterocycles. The lowest BCUT2D eigenvalue weighted by Gasteiger charge is -2.43. The van der Waals surface area contributed by atoms with Crippen LogP contribution in [-0.4, -0.2) is 151 Å². The number of ether oxygens (including phenoxy) is 8. The Hall–Kier alpha value is -6.88. The van der Waals surface area contributed by atoms with Crippen molar-refractivity contribution >= 4 is 0 Å². The van der Waals surface area contributed by atoms with E-state index in [-0.39, 0.29) is 146 Å². The fraction of sp³-hybridized carbons (Fsp3) is 0.500. The fourth-order valence-corrected chi connectivity index (χ4v) is 20.9. The summed E-state index contributed by atoms with van der Waals surface area (Å²) in [5, 5.41) is 35.8. The topological polar surface area (TPSA) is 170 Å². The first-order valence-corrected chi connectivity index (χ1v) is 42.8. The zero-order valence-electron chi connectivity index (χ0n) is 65.2. The largest absolute Gasteiger partial charge is 0.375 e. The van der Waals surface area contributed by atoms with E-state index < -0.39 is 0 Å². The Bertz CT molecular complexity index is 3280.